The van der Waals surface area contributed by atoms with Gasteiger partial charge in [0.15, 0.2) is 0 Å². The molecule has 2 aromatic carbocycles. The molecular weight excluding hydrogens is 403 g/mol. The van der Waals surface area contributed by atoms with E-state index in [1.54, 1.807) is 0 Å². The molecule has 0 radical (unpaired) electrons. The number of hydrogen-bond donors (Lipinski definition) is 0. The minimum Gasteiger partial charge on any atom is -0.411 e. The SMILES string of the molecule is O=C1CC(Sc2nnc(-c3ccc([N+](=O)[O-])cc3)o2)C(=O)N1c1ccc(F)cc1. The standard InChI is InChI=1S/C18H11FN4O5S/c19-11-3-7-12(8-4-11)22-15(24)9-14(17(22)25)29-18-21-20-16(28-18)10-1-5-13(6-2-10)23(26)27/h1-8,14H,9H2. The predicted molar refractivity (Wildman–Crippen MR) is 99.5 cm³/mol. The van der Waals surface area contributed by atoms with Crippen molar-refractivity contribution in [1.29, 1.82) is 0 Å². The van der Waals surface area contributed by atoms with Crippen molar-refractivity contribution in [2.24, 2.45) is 0 Å². The molecule has 2 amide bonds. The number of rotatable bonds is 5. The number of carbonyl (C=O) groups excluding carboxylic acids is 2. The van der Waals surface area contributed by atoms with E-state index in [1.807, 2.05) is 0 Å². The molecule has 1 aliphatic heterocycles. The Balaban J connectivity index is 1.49. The number of amides is 2. The van der Waals surface area contributed by atoms with Crippen LogP contribution in [0.4, 0.5) is 15.8 Å². The Morgan fingerprint density at radius 2 is 1.79 bits per heavy atom. The van der Waals surface area contributed by atoms with Gasteiger partial charge in [0.1, 0.15) is 11.1 Å². The molecule has 1 atom stereocenters. The van der Waals surface area contributed by atoms with E-state index in [0.29, 0.717) is 11.3 Å². The lowest BCUT2D eigenvalue weighted by atomic mass is 10.2. The van der Waals surface area contributed by atoms with Gasteiger partial charge in [-0.3, -0.25) is 19.7 Å². The Bertz CT molecular complexity index is 1100. The second kappa shape index (κ2) is 7.43. The first-order chi connectivity index (χ1) is 13.9. The molecule has 11 heteroatoms. The number of nitro groups is 1. The summed E-state index contributed by atoms with van der Waals surface area (Å²) in [5, 5.41) is 17.8. The molecule has 9 nitrogen and oxygen atoms in total. The first kappa shape index (κ1) is 18.7. The van der Waals surface area contributed by atoms with Gasteiger partial charge in [0, 0.05) is 24.1 Å². The van der Waals surface area contributed by atoms with Gasteiger partial charge in [-0.1, -0.05) is 11.8 Å². The quantitative estimate of drug-likeness (QED) is 0.355. The largest absolute Gasteiger partial charge is 0.411 e. The zero-order chi connectivity index (χ0) is 20.5. The van der Waals surface area contributed by atoms with Crippen molar-refractivity contribution in [2.45, 2.75) is 16.9 Å². The number of benzene rings is 2. The van der Waals surface area contributed by atoms with Crippen LogP contribution in [-0.2, 0) is 9.59 Å². The van der Waals surface area contributed by atoms with E-state index in [-0.39, 0.29) is 23.2 Å². The van der Waals surface area contributed by atoms with Crippen LogP contribution in [-0.4, -0.2) is 32.2 Å². The number of imide groups is 1. The highest BCUT2D eigenvalue weighted by Gasteiger charge is 2.41. The fourth-order valence-electron chi connectivity index (χ4n) is 2.78. The molecule has 1 fully saturated rings. The number of anilines is 1. The second-order valence-electron chi connectivity index (χ2n) is 6.03. The van der Waals surface area contributed by atoms with Crippen LogP contribution in [0.1, 0.15) is 6.42 Å². The van der Waals surface area contributed by atoms with Crippen molar-refractivity contribution < 1.29 is 23.3 Å². The van der Waals surface area contributed by atoms with E-state index in [4.69, 9.17) is 4.42 Å². The van der Waals surface area contributed by atoms with Crippen molar-refractivity contribution in [1.82, 2.24) is 10.2 Å². The minimum absolute atomic E-state index is 0.0594. The summed E-state index contributed by atoms with van der Waals surface area (Å²) in [4.78, 5) is 36.1. The monoisotopic (exact) mass is 414 g/mol. The molecule has 4 rings (SSSR count). The summed E-state index contributed by atoms with van der Waals surface area (Å²) in [6.45, 7) is 0. The Hall–Kier alpha value is -3.60. The summed E-state index contributed by atoms with van der Waals surface area (Å²) >= 11 is 0.954. The molecule has 0 spiro atoms. The van der Waals surface area contributed by atoms with Crippen molar-refractivity contribution in [3.8, 4) is 11.5 Å². The maximum absolute atomic E-state index is 13.1. The molecule has 29 heavy (non-hydrogen) atoms. The van der Waals surface area contributed by atoms with Gasteiger partial charge >= 0.3 is 0 Å². The zero-order valence-electron chi connectivity index (χ0n) is 14.5. The van der Waals surface area contributed by atoms with Crippen molar-refractivity contribution >= 4 is 35.0 Å². The molecule has 0 saturated carbocycles. The number of nitro benzene ring substituents is 1. The maximum atomic E-state index is 13.1. The molecule has 146 valence electrons. The van der Waals surface area contributed by atoms with Gasteiger partial charge in [0.2, 0.25) is 17.7 Å². The van der Waals surface area contributed by atoms with Gasteiger partial charge in [-0.05, 0) is 36.4 Å². The third-order valence-electron chi connectivity index (χ3n) is 4.16. The van der Waals surface area contributed by atoms with Crippen LogP contribution in [0.5, 0.6) is 0 Å². The summed E-state index contributed by atoms with van der Waals surface area (Å²) in [5.74, 6) is -1.20. The van der Waals surface area contributed by atoms with Gasteiger partial charge in [-0.15, -0.1) is 10.2 Å². The van der Waals surface area contributed by atoms with Gasteiger partial charge in [0.05, 0.1) is 10.6 Å². The van der Waals surface area contributed by atoms with E-state index < -0.39 is 27.8 Å². The molecule has 3 aromatic rings. The summed E-state index contributed by atoms with van der Waals surface area (Å²) in [7, 11) is 0. The van der Waals surface area contributed by atoms with E-state index in [2.05, 4.69) is 10.2 Å². The van der Waals surface area contributed by atoms with Crippen LogP contribution >= 0.6 is 11.8 Å². The normalized spacial score (nSPS) is 16.4. The van der Waals surface area contributed by atoms with Crippen LogP contribution in [0.15, 0.2) is 58.2 Å². The average Bonchev–Trinajstić information content (AvgIpc) is 3.28. The molecule has 1 saturated heterocycles. The highest BCUT2D eigenvalue weighted by molar-refractivity contribution is 8.00. The van der Waals surface area contributed by atoms with Crippen LogP contribution in [0.2, 0.25) is 0 Å². The van der Waals surface area contributed by atoms with Gasteiger partial charge < -0.3 is 4.42 Å². The van der Waals surface area contributed by atoms with Crippen LogP contribution < -0.4 is 4.90 Å². The predicted octanol–water partition coefficient (Wildman–Crippen LogP) is 3.21. The molecule has 0 N–H and O–H groups in total. The van der Waals surface area contributed by atoms with Crippen LogP contribution in [0.25, 0.3) is 11.5 Å². The first-order valence-corrected chi connectivity index (χ1v) is 9.17. The first-order valence-electron chi connectivity index (χ1n) is 8.30. The van der Waals surface area contributed by atoms with Crippen molar-refractivity contribution in [3.63, 3.8) is 0 Å². The van der Waals surface area contributed by atoms with Crippen LogP contribution in [0, 0.1) is 15.9 Å². The molecule has 0 aliphatic carbocycles. The third-order valence-corrected chi connectivity index (χ3v) is 5.18. The van der Waals surface area contributed by atoms with Crippen LogP contribution in [0.3, 0.4) is 0 Å². The Morgan fingerprint density at radius 3 is 2.45 bits per heavy atom. The third kappa shape index (κ3) is 3.72. The summed E-state index contributed by atoms with van der Waals surface area (Å²) in [6.07, 6.45) is -0.0594. The maximum Gasteiger partial charge on any atom is 0.277 e. The molecule has 0 bridgehead atoms. The number of nitrogens with zero attached hydrogens (tertiary/aromatic N) is 4. The number of hydrogen-bond acceptors (Lipinski definition) is 8. The summed E-state index contributed by atoms with van der Waals surface area (Å²) in [5.41, 5.74) is 0.706. The fourth-order valence-corrected chi connectivity index (χ4v) is 3.67. The number of non-ortho nitro benzene ring substituents is 1. The summed E-state index contributed by atoms with van der Waals surface area (Å²) < 4.78 is 18.6. The van der Waals surface area contributed by atoms with Gasteiger partial charge in [-0.25, -0.2) is 9.29 Å². The fraction of sp³-hybridized carbons (Fsp3) is 0.111. The van der Waals surface area contributed by atoms with Crippen molar-refractivity contribution in [3.05, 3.63) is 64.5 Å². The Labute approximate surface area is 166 Å². The lowest BCUT2D eigenvalue weighted by Gasteiger charge is -2.14. The average molecular weight is 414 g/mol. The summed E-state index contributed by atoms with van der Waals surface area (Å²) in [6, 6.07) is 10.6. The number of aromatic nitrogens is 2. The smallest absolute Gasteiger partial charge is 0.277 e. The van der Waals surface area contributed by atoms with Gasteiger partial charge in [-0.2, -0.15) is 0 Å². The second-order valence-corrected chi connectivity index (χ2v) is 7.19. The number of halogens is 1. The number of thioether (sulfide) groups is 1. The van der Waals surface area contributed by atoms with E-state index in [9.17, 15) is 24.1 Å². The topological polar surface area (TPSA) is 119 Å². The minimum atomic E-state index is -0.752. The molecule has 1 aromatic heterocycles. The number of carbonyl (C=O) groups is 2. The highest BCUT2D eigenvalue weighted by atomic mass is 32.2. The molecule has 1 unspecified atom stereocenters. The Kier molecular flexibility index (Phi) is 4.80. The Morgan fingerprint density at radius 1 is 1.10 bits per heavy atom. The molecule has 2 heterocycles. The van der Waals surface area contributed by atoms with E-state index in [0.717, 1.165) is 16.7 Å². The van der Waals surface area contributed by atoms with Crippen molar-refractivity contribution in [2.75, 3.05) is 4.90 Å². The van der Waals surface area contributed by atoms with Gasteiger partial charge in [0.25, 0.3) is 10.9 Å². The lowest BCUT2D eigenvalue weighted by Crippen LogP contribution is -2.31. The zero-order valence-corrected chi connectivity index (χ0v) is 15.3. The molecular formula is C18H11FN4O5S. The van der Waals surface area contributed by atoms with E-state index >= 15 is 0 Å². The lowest BCUT2D eigenvalue weighted by molar-refractivity contribution is -0.384. The molecule has 1 aliphatic rings. The highest BCUT2D eigenvalue weighted by Crippen LogP contribution is 2.34. The van der Waals surface area contributed by atoms with E-state index in [1.165, 1.54) is 48.5 Å².